The average molecular weight is 373 g/mol. The second-order valence-electron chi connectivity index (χ2n) is 6.34. The maximum Gasteiger partial charge on any atom is 0.226 e. The van der Waals surface area contributed by atoms with Crippen molar-refractivity contribution in [2.75, 3.05) is 13.2 Å². The van der Waals surface area contributed by atoms with E-state index in [0.29, 0.717) is 29.6 Å². The van der Waals surface area contributed by atoms with Crippen LogP contribution in [-0.2, 0) is 13.1 Å². The number of nitrogens with zero attached hydrogens (tertiary/aromatic N) is 2. The third-order valence-corrected chi connectivity index (χ3v) is 4.65. The van der Waals surface area contributed by atoms with E-state index in [4.69, 9.17) is 20.8 Å². The summed E-state index contributed by atoms with van der Waals surface area (Å²) in [6.07, 6.45) is 0. The van der Waals surface area contributed by atoms with E-state index in [1.54, 1.807) is 12.1 Å². The summed E-state index contributed by atoms with van der Waals surface area (Å²) in [6, 6.07) is 11.9. The largest absolute Gasteiger partial charge is 0.492 e. The Morgan fingerprint density at radius 3 is 2.96 bits per heavy atom. The number of aryl methyl sites for hydroxylation is 1. The quantitative estimate of drug-likeness (QED) is 0.659. The summed E-state index contributed by atoms with van der Waals surface area (Å²) in [4.78, 5) is 6.82. The Morgan fingerprint density at radius 1 is 1.23 bits per heavy atom. The van der Waals surface area contributed by atoms with Gasteiger partial charge in [-0.25, -0.2) is 9.37 Å². The van der Waals surface area contributed by atoms with E-state index in [1.165, 1.54) is 12.1 Å². The van der Waals surface area contributed by atoms with Gasteiger partial charge < -0.3 is 9.15 Å². The molecule has 1 aromatic heterocycles. The zero-order valence-electron chi connectivity index (χ0n) is 14.3. The summed E-state index contributed by atoms with van der Waals surface area (Å²) >= 11 is 6.11. The van der Waals surface area contributed by atoms with Crippen LogP contribution < -0.4 is 4.74 Å². The van der Waals surface area contributed by atoms with E-state index in [-0.39, 0.29) is 5.82 Å². The molecule has 1 aliphatic heterocycles. The highest BCUT2D eigenvalue weighted by atomic mass is 35.5. The fourth-order valence-electron chi connectivity index (χ4n) is 3.08. The number of aromatic nitrogens is 1. The number of hydrogen-bond donors (Lipinski definition) is 0. The van der Waals surface area contributed by atoms with Crippen molar-refractivity contribution < 1.29 is 13.5 Å². The number of rotatable bonds is 3. The van der Waals surface area contributed by atoms with Gasteiger partial charge in [-0.1, -0.05) is 17.7 Å². The van der Waals surface area contributed by atoms with Crippen LogP contribution in [0.2, 0.25) is 5.02 Å². The number of halogens is 2. The highest BCUT2D eigenvalue weighted by molar-refractivity contribution is 6.30. The molecule has 134 valence electrons. The van der Waals surface area contributed by atoms with Crippen LogP contribution in [0.4, 0.5) is 4.39 Å². The van der Waals surface area contributed by atoms with E-state index in [1.807, 2.05) is 25.1 Å². The lowest BCUT2D eigenvalue weighted by atomic mass is 10.2. The first-order chi connectivity index (χ1) is 12.6. The van der Waals surface area contributed by atoms with E-state index in [0.717, 1.165) is 35.9 Å². The van der Waals surface area contributed by atoms with Crippen LogP contribution in [-0.4, -0.2) is 23.0 Å². The van der Waals surface area contributed by atoms with Gasteiger partial charge in [-0.2, -0.15) is 0 Å². The number of oxazole rings is 1. The summed E-state index contributed by atoms with van der Waals surface area (Å²) < 4.78 is 25.0. The molecule has 0 N–H and O–H groups in total. The molecule has 6 heteroatoms. The fourth-order valence-corrected chi connectivity index (χ4v) is 3.28. The van der Waals surface area contributed by atoms with E-state index in [2.05, 4.69) is 9.88 Å². The Morgan fingerprint density at radius 2 is 2.12 bits per heavy atom. The first-order valence-corrected chi connectivity index (χ1v) is 8.82. The van der Waals surface area contributed by atoms with Crippen molar-refractivity contribution in [2.24, 2.45) is 0 Å². The summed E-state index contributed by atoms with van der Waals surface area (Å²) in [5, 5.41) is 0.695. The Balaban J connectivity index is 1.56. The van der Waals surface area contributed by atoms with Crippen LogP contribution in [0.1, 0.15) is 17.0 Å². The van der Waals surface area contributed by atoms with Gasteiger partial charge in [-0.3, -0.25) is 4.90 Å². The van der Waals surface area contributed by atoms with Gasteiger partial charge in [0.25, 0.3) is 0 Å². The molecule has 0 radical (unpaired) electrons. The Labute approximate surface area is 156 Å². The topological polar surface area (TPSA) is 38.5 Å². The molecular formula is C20H18ClFN2O2. The molecule has 0 saturated heterocycles. The van der Waals surface area contributed by atoms with Gasteiger partial charge >= 0.3 is 0 Å². The van der Waals surface area contributed by atoms with Gasteiger partial charge in [0.2, 0.25) is 5.89 Å². The SMILES string of the molecule is Cc1oc(-c2cccc(F)c2)nc1CN1CCOc2ccc(Cl)cc2C1. The summed E-state index contributed by atoms with van der Waals surface area (Å²) in [7, 11) is 0. The van der Waals surface area contributed by atoms with Gasteiger partial charge in [0.15, 0.2) is 0 Å². The second kappa shape index (κ2) is 7.09. The molecule has 4 rings (SSSR count). The molecule has 0 aliphatic carbocycles. The molecule has 2 aromatic carbocycles. The molecule has 2 heterocycles. The molecule has 0 spiro atoms. The molecule has 0 bridgehead atoms. The van der Waals surface area contributed by atoms with E-state index >= 15 is 0 Å². The van der Waals surface area contributed by atoms with Gasteiger partial charge in [-0.15, -0.1) is 0 Å². The molecule has 0 saturated carbocycles. The third-order valence-electron chi connectivity index (χ3n) is 4.42. The zero-order chi connectivity index (χ0) is 18.1. The molecule has 0 fully saturated rings. The van der Waals surface area contributed by atoms with Gasteiger partial charge in [0.1, 0.15) is 23.9 Å². The molecule has 0 atom stereocenters. The lowest BCUT2D eigenvalue weighted by molar-refractivity contribution is 0.217. The lowest BCUT2D eigenvalue weighted by Gasteiger charge is -2.18. The van der Waals surface area contributed by atoms with Gasteiger partial charge in [0, 0.05) is 35.8 Å². The van der Waals surface area contributed by atoms with Crippen molar-refractivity contribution in [3.63, 3.8) is 0 Å². The van der Waals surface area contributed by atoms with Crippen molar-refractivity contribution in [3.8, 4) is 17.2 Å². The Bertz CT molecular complexity index is 941. The monoisotopic (exact) mass is 372 g/mol. The van der Waals surface area contributed by atoms with Crippen molar-refractivity contribution >= 4 is 11.6 Å². The predicted octanol–water partition coefficient (Wildman–Crippen LogP) is 4.84. The van der Waals surface area contributed by atoms with Crippen molar-refractivity contribution in [3.05, 3.63) is 70.3 Å². The first-order valence-electron chi connectivity index (χ1n) is 8.44. The Hall–Kier alpha value is -2.37. The minimum Gasteiger partial charge on any atom is -0.492 e. The second-order valence-corrected chi connectivity index (χ2v) is 6.78. The van der Waals surface area contributed by atoms with Crippen molar-refractivity contribution in [1.82, 2.24) is 9.88 Å². The average Bonchev–Trinajstić information content (AvgIpc) is 2.85. The van der Waals surface area contributed by atoms with Crippen LogP contribution >= 0.6 is 11.6 Å². The number of fused-ring (bicyclic) bond motifs is 1. The van der Waals surface area contributed by atoms with Gasteiger partial charge in [0.05, 0.1) is 5.69 Å². The number of benzene rings is 2. The maximum atomic E-state index is 13.4. The third kappa shape index (κ3) is 3.59. The number of ether oxygens (including phenoxy) is 1. The molecular weight excluding hydrogens is 355 g/mol. The molecule has 1 aliphatic rings. The van der Waals surface area contributed by atoms with E-state index in [9.17, 15) is 4.39 Å². The summed E-state index contributed by atoms with van der Waals surface area (Å²) in [5.74, 6) is 1.74. The minimum atomic E-state index is -0.307. The van der Waals surface area contributed by atoms with Crippen LogP contribution in [0.5, 0.6) is 5.75 Å². The smallest absolute Gasteiger partial charge is 0.226 e. The highest BCUT2D eigenvalue weighted by Crippen LogP contribution is 2.28. The summed E-state index contributed by atoms with van der Waals surface area (Å²) in [5.41, 5.74) is 2.53. The van der Waals surface area contributed by atoms with Crippen LogP contribution in [0, 0.1) is 12.7 Å². The van der Waals surface area contributed by atoms with Crippen molar-refractivity contribution in [2.45, 2.75) is 20.0 Å². The fraction of sp³-hybridized carbons (Fsp3) is 0.250. The molecule has 26 heavy (non-hydrogen) atoms. The zero-order valence-corrected chi connectivity index (χ0v) is 15.1. The molecule has 4 nitrogen and oxygen atoms in total. The standard InChI is InChI=1S/C20H18ClFN2O2/c1-13-18(23-20(26-13)14-3-2-4-17(22)10-14)12-24-7-8-25-19-6-5-16(21)9-15(19)11-24/h2-6,9-10H,7-8,11-12H2,1H3. The molecule has 0 amide bonds. The maximum absolute atomic E-state index is 13.4. The summed E-state index contributed by atoms with van der Waals surface area (Å²) in [6.45, 7) is 4.60. The first kappa shape index (κ1) is 17.1. The highest BCUT2D eigenvalue weighted by Gasteiger charge is 2.19. The normalized spacial score (nSPS) is 14.6. The van der Waals surface area contributed by atoms with E-state index < -0.39 is 0 Å². The lowest BCUT2D eigenvalue weighted by Crippen LogP contribution is -2.25. The molecule has 3 aromatic rings. The number of hydrogen-bond acceptors (Lipinski definition) is 4. The Kier molecular flexibility index (Phi) is 4.66. The predicted molar refractivity (Wildman–Crippen MR) is 97.7 cm³/mol. The molecule has 0 unspecified atom stereocenters. The van der Waals surface area contributed by atoms with Crippen LogP contribution in [0.15, 0.2) is 46.9 Å². The van der Waals surface area contributed by atoms with Crippen LogP contribution in [0.25, 0.3) is 11.5 Å². The van der Waals surface area contributed by atoms with Crippen molar-refractivity contribution in [1.29, 1.82) is 0 Å². The van der Waals surface area contributed by atoms with Gasteiger partial charge in [-0.05, 0) is 43.3 Å². The van der Waals surface area contributed by atoms with Crippen LogP contribution in [0.3, 0.4) is 0 Å². The minimum absolute atomic E-state index is 0.307.